The fourth-order valence-electron chi connectivity index (χ4n) is 3.55. The molecule has 0 radical (unpaired) electrons. The van der Waals surface area contributed by atoms with Crippen LogP contribution < -0.4 is 4.74 Å². The number of carbonyl (C=O) groups excluding carboxylic acids is 1. The van der Waals surface area contributed by atoms with Gasteiger partial charge in [0.25, 0.3) is 5.91 Å². The highest BCUT2D eigenvalue weighted by molar-refractivity contribution is 6.42. The Morgan fingerprint density at radius 1 is 1.26 bits per heavy atom. The van der Waals surface area contributed by atoms with Gasteiger partial charge in [-0.2, -0.15) is 0 Å². The summed E-state index contributed by atoms with van der Waals surface area (Å²) in [6.45, 7) is 6.46. The van der Waals surface area contributed by atoms with Crippen LogP contribution >= 0.6 is 23.2 Å². The van der Waals surface area contributed by atoms with E-state index in [1.807, 2.05) is 0 Å². The van der Waals surface area contributed by atoms with Crippen molar-refractivity contribution in [2.75, 3.05) is 45.9 Å². The van der Waals surface area contributed by atoms with E-state index in [-0.39, 0.29) is 5.91 Å². The van der Waals surface area contributed by atoms with Crippen LogP contribution in [0.4, 0.5) is 0 Å². The van der Waals surface area contributed by atoms with Gasteiger partial charge < -0.3 is 19.5 Å². The summed E-state index contributed by atoms with van der Waals surface area (Å²) in [6, 6.07) is 5.09. The average molecular weight is 417 g/mol. The zero-order valence-electron chi connectivity index (χ0n) is 15.5. The van der Waals surface area contributed by atoms with Gasteiger partial charge in [0.2, 0.25) is 0 Å². The number of benzene rings is 1. The number of rotatable bonds is 5. The van der Waals surface area contributed by atoms with Crippen LogP contribution in [0.2, 0.25) is 10.0 Å². The number of hydrogen-bond acceptors (Lipinski definition) is 5. The molecular weight excluding hydrogens is 391 g/mol. The minimum atomic E-state index is -0.755. The van der Waals surface area contributed by atoms with Crippen LogP contribution in [-0.4, -0.2) is 78.5 Å². The summed E-state index contributed by atoms with van der Waals surface area (Å²) < 4.78 is 11.1. The standard InChI is InChI=1S/C19H26Cl2N2O4/c1-14(27-16-4-2-3-15(20)17(16)21)18(24)23-7-5-19(25,6-8-23)13-22-9-11-26-12-10-22/h2-4,14,25H,5-13H2,1H3/t14-/m0/s1. The Labute approximate surface area is 169 Å². The monoisotopic (exact) mass is 416 g/mol. The number of halogens is 2. The molecule has 0 saturated carbocycles. The molecule has 1 atom stereocenters. The molecule has 8 heteroatoms. The predicted molar refractivity (Wildman–Crippen MR) is 105 cm³/mol. The molecule has 2 aliphatic rings. The van der Waals surface area contributed by atoms with Gasteiger partial charge >= 0.3 is 0 Å². The Hall–Kier alpha value is -1.05. The molecule has 2 heterocycles. The number of piperidine rings is 1. The first-order valence-electron chi connectivity index (χ1n) is 9.30. The lowest BCUT2D eigenvalue weighted by molar-refractivity contribution is -0.143. The third-order valence-electron chi connectivity index (χ3n) is 5.20. The van der Waals surface area contributed by atoms with Gasteiger partial charge in [-0.1, -0.05) is 29.3 Å². The molecule has 1 amide bonds. The Bertz CT molecular complexity index is 659. The van der Waals surface area contributed by atoms with Crippen LogP contribution in [0.5, 0.6) is 5.75 Å². The largest absolute Gasteiger partial charge is 0.479 e. The van der Waals surface area contributed by atoms with E-state index in [0.29, 0.717) is 61.5 Å². The van der Waals surface area contributed by atoms with Crippen molar-refractivity contribution in [2.45, 2.75) is 31.5 Å². The van der Waals surface area contributed by atoms with Crippen LogP contribution in [0.1, 0.15) is 19.8 Å². The second-order valence-corrected chi connectivity index (χ2v) is 8.04. The summed E-state index contributed by atoms with van der Waals surface area (Å²) >= 11 is 12.1. The van der Waals surface area contributed by atoms with E-state index >= 15 is 0 Å². The van der Waals surface area contributed by atoms with Crippen LogP contribution in [0.15, 0.2) is 18.2 Å². The number of nitrogens with zero attached hydrogens (tertiary/aromatic N) is 2. The summed E-state index contributed by atoms with van der Waals surface area (Å²) in [7, 11) is 0. The number of likely N-dealkylation sites (tertiary alicyclic amines) is 1. The maximum Gasteiger partial charge on any atom is 0.263 e. The summed E-state index contributed by atoms with van der Waals surface area (Å²) in [5, 5.41) is 11.6. The van der Waals surface area contributed by atoms with E-state index in [2.05, 4.69) is 4.90 Å². The fourth-order valence-corrected chi connectivity index (χ4v) is 3.89. The first-order chi connectivity index (χ1) is 12.9. The molecule has 2 fully saturated rings. The zero-order valence-corrected chi connectivity index (χ0v) is 17.0. The van der Waals surface area contributed by atoms with Crippen molar-refractivity contribution >= 4 is 29.1 Å². The zero-order chi connectivity index (χ0) is 19.4. The first-order valence-corrected chi connectivity index (χ1v) is 10.1. The lowest BCUT2D eigenvalue weighted by Crippen LogP contribution is -2.55. The Kier molecular flexibility index (Phi) is 6.87. The van der Waals surface area contributed by atoms with Gasteiger partial charge in [-0.05, 0) is 31.9 Å². The van der Waals surface area contributed by atoms with Gasteiger partial charge in [0.15, 0.2) is 6.10 Å². The molecule has 0 unspecified atom stereocenters. The summed E-state index contributed by atoms with van der Waals surface area (Å²) in [4.78, 5) is 16.7. The van der Waals surface area contributed by atoms with E-state index in [4.69, 9.17) is 32.7 Å². The second kappa shape index (κ2) is 8.97. The van der Waals surface area contributed by atoms with Gasteiger partial charge in [-0.15, -0.1) is 0 Å². The number of morpholine rings is 1. The van der Waals surface area contributed by atoms with Crippen molar-refractivity contribution in [1.29, 1.82) is 0 Å². The molecule has 0 spiro atoms. The average Bonchev–Trinajstić information content (AvgIpc) is 2.66. The molecule has 6 nitrogen and oxygen atoms in total. The summed E-state index contributed by atoms with van der Waals surface area (Å²) in [5.41, 5.74) is -0.755. The number of carbonyl (C=O) groups is 1. The maximum atomic E-state index is 12.7. The minimum Gasteiger partial charge on any atom is -0.479 e. The number of amides is 1. The number of ether oxygens (including phenoxy) is 2. The Balaban J connectivity index is 1.52. The molecule has 27 heavy (non-hydrogen) atoms. The summed E-state index contributed by atoms with van der Waals surface area (Å²) in [5.74, 6) is 0.283. The van der Waals surface area contributed by atoms with Crippen molar-refractivity contribution in [2.24, 2.45) is 0 Å². The second-order valence-electron chi connectivity index (χ2n) is 7.25. The third kappa shape index (κ3) is 5.27. The van der Waals surface area contributed by atoms with Gasteiger partial charge in [0.1, 0.15) is 10.8 Å². The van der Waals surface area contributed by atoms with Crippen molar-refractivity contribution in [3.05, 3.63) is 28.2 Å². The van der Waals surface area contributed by atoms with E-state index in [1.54, 1.807) is 30.0 Å². The van der Waals surface area contributed by atoms with E-state index in [1.165, 1.54) is 0 Å². The quantitative estimate of drug-likeness (QED) is 0.798. The van der Waals surface area contributed by atoms with Crippen molar-refractivity contribution in [3.8, 4) is 5.75 Å². The first kappa shape index (κ1) is 20.7. The molecule has 150 valence electrons. The number of β-amino-alcohol motifs (C(OH)–C–C–N with tert-alkyl or cyclic N) is 1. The molecule has 3 rings (SSSR count). The van der Waals surface area contributed by atoms with Gasteiger partial charge in [0.05, 0.1) is 23.8 Å². The Morgan fingerprint density at radius 3 is 2.59 bits per heavy atom. The molecule has 0 aromatic heterocycles. The van der Waals surface area contributed by atoms with Crippen molar-refractivity contribution in [1.82, 2.24) is 9.80 Å². The van der Waals surface area contributed by atoms with E-state index in [0.717, 1.165) is 13.1 Å². The number of aliphatic hydroxyl groups is 1. The molecule has 2 saturated heterocycles. The molecule has 0 bridgehead atoms. The van der Waals surface area contributed by atoms with Crippen molar-refractivity contribution < 1.29 is 19.4 Å². The lowest BCUT2D eigenvalue weighted by atomic mass is 9.90. The van der Waals surface area contributed by atoms with Crippen LogP contribution in [0.3, 0.4) is 0 Å². The van der Waals surface area contributed by atoms with Crippen LogP contribution in [-0.2, 0) is 9.53 Å². The Morgan fingerprint density at radius 2 is 1.93 bits per heavy atom. The van der Waals surface area contributed by atoms with Gasteiger partial charge in [0, 0.05) is 32.7 Å². The SMILES string of the molecule is C[C@H](Oc1cccc(Cl)c1Cl)C(=O)N1CCC(O)(CN2CCOCC2)CC1. The van der Waals surface area contributed by atoms with Crippen LogP contribution in [0.25, 0.3) is 0 Å². The molecule has 1 N–H and O–H groups in total. The highest BCUT2D eigenvalue weighted by atomic mass is 35.5. The third-order valence-corrected chi connectivity index (χ3v) is 6.00. The van der Waals surface area contributed by atoms with Gasteiger partial charge in [-0.25, -0.2) is 0 Å². The molecule has 1 aromatic rings. The van der Waals surface area contributed by atoms with Crippen molar-refractivity contribution in [3.63, 3.8) is 0 Å². The molecular formula is C19H26Cl2N2O4. The highest BCUT2D eigenvalue weighted by Gasteiger charge is 2.37. The minimum absolute atomic E-state index is 0.112. The maximum absolute atomic E-state index is 12.7. The molecule has 1 aromatic carbocycles. The predicted octanol–water partition coefficient (Wildman–Crippen LogP) is 2.45. The highest BCUT2D eigenvalue weighted by Crippen LogP contribution is 2.32. The topological polar surface area (TPSA) is 62.2 Å². The molecule has 0 aliphatic carbocycles. The lowest BCUT2D eigenvalue weighted by Gasteiger charge is -2.42. The summed E-state index contributed by atoms with van der Waals surface area (Å²) in [6.07, 6.45) is 0.438. The van der Waals surface area contributed by atoms with Crippen LogP contribution in [0, 0.1) is 0 Å². The van der Waals surface area contributed by atoms with E-state index in [9.17, 15) is 9.90 Å². The van der Waals surface area contributed by atoms with Gasteiger partial charge in [-0.3, -0.25) is 9.69 Å². The smallest absolute Gasteiger partial charge is 0.263 e. The normalized spacial score (nSPS) is 21.7. The van der Waals surface area contributed by atoms with E-state index < -0.39 is 11.7 Å². The number of hydrogen-bond donors (Lipinski definition) is 1. The fraction of sp³-hybridized carbons (Fsp3) is 0.632. The molecule has 2 aliphatic heterocycles.